The van der Waals surface area contributed by atoms with Crippen LogP contribution in [0.15, 0.2) is 18.2 Å². The SMILES string of the molecule is Cc1ccc(C#N)c(C2C[I-]2)c1. The van der Waals surface area contributed by atoms with Crippen LogP contribution in [0.5, 0.6) is 0 Å². The van der Waals surface area contributed by atoms with Gasteiger partial charge in [0.25, 0.3) is 0 Å². The first-order chi connectivity index (χ1) is 5.81. The number of alkyl halides is 2. The van der Waals surface area contributed by atoms with Crippen LogP contribution in [0.4, 0.5) is 0 Å². The third kappa shape index (κ3) is 1.46. The maximum atomic E-state index is 8.85. The van der Waals surface area contributed by atoms with Gasteiger partial charge in [0, 0.05) is 0 Å². The molecule has 1 aromatic carbocycles. The van der Waals surface area contributed by atoms with E-state index in [1.807, 2.05) is 12.1 Å². The van der Waals surface area contributed by atoms with Gasteiger partial charge < -0.3 is 0 Å². The van der Waals surface area contributed by atoms with Gasteiger partial charge >= 0.3 is 82.7 Å². The van der Waals surface area contributed by atoms with Crippen molar-refractivity contribution < 1.29 is 21.2 Å². The first-order valence-electron chi connectivity index (χ1n) is 3.89. The van der Waals surface area contributed by atoms with Crippen LogP contribution in [0.2, 0.25) is 0 Å². The Bertz CT molecular complexity index is 347. The van der Waals surface area contributed by atoms with Crippen molar-refractivity contribution in [2.24, 2.45) is 0 Å². The quantitative estimate of drug-likeness (QED) is 0.475. The van der Waals surface area contributed by atoms with Gasteiger partial charge in [0.1, 0.15) is 0 Å². The molecule has 1 saturated heterocycles. The van der Waals surface area contributed by atoms with Crippen molar-refractivity contribution >= 4 is 0 Å². The molecule has 0 amide bonds. The zero-order valence-corrected chi connectivity index (χ0v) is 9.00. The van der Waals surface area contributed by atoms with Crippen LogP contribution in [-0.2, 0) is 0 Å². The topological polar surface area (TPSA) is 23.8 Å². The Morgan fingerprint density at radius 2 is 2.33 bits per heavy atom. The fourth-order valence-electron chi connectivity index (χ4n) is 1.25. The Hall–Kier alpha value is -0.560. The third-order valence-electron chi connectivity index (χ3n) is 1.97. The molecular formula is C10H9IN-. The minimum absolute atomic E-state index is 0.409. The molecule has 0 N–H and O–H groups in total. The summed E-state index contributed by atoms with van der Waals surface area (Å²) in [6.45, 7) is 2.09. The molecule has 2 heteroatoms. The van der Waals surface area contributed by atoms with Crippen molar-refractivity contribution in [2.45, 2.75) is 10.8 Å². The van der Waals surface area contributed by atoms with Gasteiger partial charge in [-0.25, -0.2) is 0 Å². The second kappa shape index (κ2) is 3.06. The van der Waals surface area contributed by atoms with E-state index in [0.717, 1.165) is 9.49 Å². The van der Waals surface area contributed by atoms with Crippen LogP contribution in [0, 0.1) is 18.3 Å². The van der Waals surface area contributed by atoms with E-state index in [0.29, 0.717) is 21.2 Å². The number of halogens is 1. The third-order valence-corrected chi connectivity index (χ3v) is 4.41. The fourth-order valence-corrected chi connectivity index (χ4v) is 2.97. The van der Waals surface area contributed by atoms with Crippen molar-refractivity contribution in [3.05, 3.63) is 34.9 Å². The van der Waals surface area contributed by atoms with E-state index in [9.17, 15) is 0 Å². The summed E-state index contributed by atoms with van der Waals surface area (Å²) in [7, 11) is 0. The van der Waals surface area contributed by atoms with E-state index in [-0.39, 0.29) is 0 Å². The average molecular weight is 270 g/mol. The molecule has 0 saturated carbocycles. The fraction of sp³-hybridized carbons (Fsp3) is 0.300. The second-order valence-electron chi connectivity index (χ2n) is 2.98. The number of aryl methyl sites for hydroxylation is 1. The van der Waals surface area contributed by atoms with E-state index in [1.165, 1.54) is 15.6 Å². The van der Waals surface area contributed by atoms with Gasteiger partial charge in [-0.05, 0) is 0 Å². The predicted octanol–water partition coefficient (Wildman–Crippen LogP) is -0.990. The van der Waals surface area contributed by atoms with Crippen LogP contribution >= 0.6 is 0 Å². The molecule has 0 spiro atoms. The molecule has 62 valence electrons. The van der Waals surface area contributed by atoms with Gasteiger partial charge in [-0.2, -0.15) is 0 Å². The summed E-state index contributed by atoms with van der Waals surface area (Å²) in [5.74, 6) is 0. The summed E-state index contributed by atoms with van der Waals surface area (Å²) >= 11 is 0.409. The first kappa shape index (κ1) is 8.06. The molecule has 1 unspecified atom stereocenters. The zero-order valence-electron chi connectivity index (χ0n) is 6.84. The number of hydrogen-bond donors (Lipinski definition) is 0. The molecule has 1 aliphatic rings. The summed E-state index contributed by atoms with van der Waals surface area (Å²) in [5.41, 5.74) is 3.48. The van der Waals surface area contributed by atoms with Crippen LogP contribution in [0.25, 0.3) is 0 Å². The Kier molecular flexibility index (Phi) is 2.05. The summed E-state index contributed by atoms with van der Waals surface area (Å²) < 4.78 is 2.16. The van der Waals surface area contributed by atoms with Crippen molar-refractivity contribution in [1.29, 1.82) is 5.26 Å². The number of nitrogens with zero attached hydrogens (tertiary/aromatic N) is 1. The molecule has 12 heavy (non-hydrogen) atoms. The molecule has 1 nitrogen and oxygen atoms in total. The van der Waals surface area contributed by atoms with Gasteiger partial charge in [0.05, 0.1) is 0 Å². The number of benzene rings is 1. The maximum absolute atomic E-state index is 8.85. The van der Waals surface area contributed by atoms with Gasteiger partial charge in [0.15, 0.2) is 0 Å². The van der Waals surface area contributed by atoms with Gasteiger partial charge in [-0.15, -0.1) is 0 Å². The van der Waals surface area contributed by atoms with Crippen molar-refractivity contribution in [3.63, 3.8) is 0 Å². The van der Waals surface area contributed by atoms with Crippen LogP contribution in [0.3, 0.4) is 0 Å². The molecule has 0 aromatic heterocycles. The standard InChI is InChI=1S/C10H9IN/c1-7-2-3-8(6-12)9(4-7)10-5-11-10/h2-4,10H,5H2,1H3/q-1. The van der Waals surface area contributed by atoms with E-state index in [4.69, 9.17) is 5.26 Å². The first-order valence-corrected chi connectivity index (χ1v) is 6.67. The van der Waals surface area contributed by atoms with E-state index in [1.54, 1.807) is 0 Å². The Morgan fingerprint density at radius 3 is 2.92 bits per heavy atom. The Balaban J connectivity index is 2.48. The van der Waals surface area contributed by atoms with Crippen molar-refractivity contribution in [1.82, 2.24) is 0 Å². The Labute approximate surface area is 82.7 Å². The summed E-state index contributed by atoms with van der Waals surface area (Å²) in [4.78, 5) is 0. The summed E-state index contributed by atoms with van der Waals surface area (Å²) in [5, 5.41) is 8.85. The van der Waals surface area contributed by atoms with Crippen LogP contribution < -0.4 is 21.2 Å². The molecule has 1 atom stereocenters. The summed E-state index contributed by atoms with van der Waals surface area (Å²) in [6, 6.07) is 8.41. The average Bonchev–Trinajstić information content (AvgIpc) is 2.87. The van der Waals surface area contributed by atoms with Gasteiger partial charge in [-0.3, -0.25) is 0 Å². The molecule has 1 aliphatic heterocycles. The monoisotopic (exact) mass is 270 g/mol. The molecule has 0 aliphatic carbocycles. The normalized spacial score (nSPS) is 20.8. The molecule has 0 radical (unpaired) electrons. The van der Waals surface area contributed by atoms with E-state index >= 15 is 0 Å². The number of nitriles is 1. The summed E-state index contributed by atoms with van der Waals surface area (Å²) in [6.07, 6.45) is 0. The molecule has 0 bridgehead atoms. The van der Waals surface area contributed by atoms with Crippen molar-refractivity contribution in [2.75, 3.05) is 4.43 Å². The Morgan fingerprint density at radius 1 is 1.58 bits per heavy atom. The second-order valence-corrected chi connectivity index (χ2v) is 6.24. The zero-order chi connectivity index (χ0) is 8.55. The molecule has 2 rings (SSSR count). The van der Waals surface area contributed by atoms with Crippen LogP contribution in [0.1, 0.15) is 20.6 Å². The molecule has 1 fully saturated rings. The molecular weight excluding hydrogens is 261 g/mol. The van der Waals surface area contributed by atoms with Crippen LogP contribution in [-0.4, -0.2) is 4.43 Å². The van der Waals surface area contributed by atoms with E-state index < -0.39 is 0 Å². The van der Waals surface area contributed by atoms with Gasteiger partial charge in [-0.1, -0.05) is 0 Å². The number of hydrogen-bond acceptors (Lipinski definition) is 1. The molecule has 1 aromatic rings. The van der Waals surface area contributed by atoms with E-state index in [2.05, 4.69) is 19.1 Å². The number of rotatable bonds is 1. The minimum atomic E-state index is 0.409. The predicted molar refractivity (Wildman–Crippen MR) is 43.5 cm³/mol. The molecule has 1 heterocycles. The van der Waals surface area contributed by atoms with Crippen molar-refractivity contribution in [3.8, 4) is 6.07 Å². The van der Waals surface area contributed by atoms with Gasteiger partial charge in [0.2, 0.25) is 0 Å².